The highest BCUT2D eigenvalue weighted by Gasteiger charge is 2.03. The van der Waals surface area contributed by atoms with Gasteiger partial charge in [0, 0.05) is 11.8 Å². The number of nitrogen functional groups attached to an aromatic ring is 2. The van der Waals surface area contributed by atoms with E-state index < -0.39 is 0 Å². The van der Waals surface area contributed by atoms with Gasteiger partial charge in [0.1, 0.15) is 11.6 Å². The van der Waals surface area contributed by atoms with E-state index in [1.54, 1.807) is 6.07 Å². The van der Waals surface area contributed by atoms with Crippen LogP contribution in [0.4, 0.5) is 23.3 Å². The van der Waals surface area contributed by atoms with Crippen LogP contribution in [0.15, 0.2) is 24.3 Å². The lowest BCUT2D eigenvalue weighted by Crippen LogP contribution is -2.03. The van der Waals surface area contributed by atoms with E-state index >= 15 is 0 Å². The molecule has 17 heavy (non-hydrogen) atoms. The number of rotatable bonds is 2. The number of aryl methyl sites for hydroxylation is 1. The van der Waals surface area contributed by atoms with Gasteiger partial charge in [0.05, 0.1) is 0 Å². The Morgan fingerprint density at radius 3 is 2.59 bits per heavy atom. The number of nitrogens with one attached hydrogen (secondary N) is 1. The number of anilines is 4. The van der Waals surface area contributed by atoms with Gasteiger partial charge in [-0.1, -0.05) is 12.1 Å². The molecule has 1 heterocycles. The van der Waals surface area contributed by atoms with Crippen LogP contribution in [0.2, 0.25) is 0 Å². The van der Waals surface area contributed by atoms with Crippen LogP contribution in [0, 0.1) is 13.8 Å². The van der Waals surface area contributed by atoms with Crippen molar-refractivity contribution in [3.8, 4) is 0 Å². The molecular weight excluding hydrogens is 214 g/mol. The second-order valence-electron chi connectivity index (χ2n) is 3.91. The summed E-state index contributed by atoms with van der Waals surface area (Å²) in [4.78, 5) is 7.90. The summed E-state index contributed by atoms with van der Waals surface area (Å²) in [7, 11) is 0. The van der Waals surface area contributed by atoms with E-state index in [-0.39, 0.29) is 5.95 Å². The Morgan fingerprint density at radius 2 is 1.88 bits per heavy atom. The zero-order valence-corrected chi connectivity index (χ0v) is 9.86. The van der Waals surface area contributed by atoms with Crippen LogP contribution in [-0.2, 0) is 0 Å². The van der Waals surface area contributed by atoms with Crippen molar-refractivity contribution >= 4 is 23.3 Å². The van der Waals surface area contributed by atoms with Crippen LogP contribution < -0.4 is 16.8 Å². The van der Waals surface area contributed by atoms with Crippen LogP contribution in [0.3, 0.4) is 0 Å². The number of hydrogen-bond donors (Lipinski definition) is 3. The molecule has 0 atom stereocenters. The van der Waals surface area contributed by atoms with E-state index in [0.717, 1.165) is 5.69 Å². The fraction of sp³-hybridized carbons (Fsp3) is 0.167. The summed E-state index contributed by atoms with van der Waals surface area (Å²) in [5.41, 5.74) is 14.5. The van der Waals surface area contributed by atoms with Gasteiger partial charge in [0.15, 0.2) is 0 Å². The van der Waals surface area contributed by atoms with E-state index in [1.165, 1.54) is 11.1 Å². The Labute approximate surface area is 99.9 Å². The predicted molar refractivity (Wildman–Crippen MR) is 70.1 cm³/mol. The lowest BCUT2D eigenvalue weighted by molar-refractivity contribution is 1.19. The highest BCUT2D eigenvalue weighted by atomic mass is 15.1. The van der Waals surface area contributed by atoms with Crippen molar-refractivity contribution < 1.29 is 0 Å². The number of benzene rings is 1. The second kappa shape index (κ2) is 4.29. The molecule has 0 saturated heterocycles. The van der Waals surface area contributed by atoms with Crippen molar-refractivity contribution in [2.24, 2.45) is 0 Å². The summed E-state index contributed by atoms with van der Waals surface area (Å²) in [5.74, 6) is 1.12. The maximum Gasteiger partial charge on any atom is 0.223 e. The molecule has 0 aliphatic heterocycles. The number of aromatic nitrogens is 2. The first-order valence-corrected chi connectivity index (χ1v) is 5.29. The predicted octanol–water partition coefficient (Wildman–Crippen LogP) is 2.00. The summed E-state index contributed by atoms with van der Waals surface area (Å²) in [6.07, 6.45) is 0. The highest BCUT2D eigenvalue weighted by Crippen LogP contribution is 2.22. The van der Waals surface area contributed by atoms with E-state index in [9.17, 15) is 0 Å². The summed E-state index contributed by atoms with van der Waals surface area (Å²) in [6, 6.07) is 7.68. The van der Waals surface area contributed by atoms with E-state index in [2.05, 4.69) is 28.3 Å². The summed E-state index contributed by atoms with van der Waals surface area (Å²) >= 11 is 0. The van der Waals surface area contributed by atoms with Crippen LogP contribution >= 0.6 is 0 Å². The summed E-state index contributed by atoms with van der Waals surface area (Å²) in [6.45, 7) is 4.11. The minimum atomic E-state index is 0.165. The average molecular weight is 229 g/mol. The van der Waals surface area contributed by atoms with Crippen LogP contribution in [0.5, 0.6) is 0 Å². The number of nitrogens with zero attached hydrogens (tertiary/aromatic N) is 2. The fourth-order valence-corrected chi connectivity index (χ4v) is 1.57. The first kappa shape index (κ1) is 11.2. The monoisotopic (exact) mass is 229 g/mol. The van der Waals surface area contributed by atoms with Crippen molar-refractivity contribution in [1.82, 2.24) is 9.97 Å². The third kappa shape index (κ3) is 2.44. The molecule has 1 aromatic carbocycles. The van der Waals surface area contributed by atoms with Crippen molar-refractivity contribution in [3.63, 3.8) is 0 Å². The fourth-order valence-electron chi connectivity index (χ4n) is 1.57. The highest BCUT2D eigenvalue weighted by molar-refractivity contribution is 5.64. The second-order valence-corrected chi connectivity index (χ2v) is 3.91. The van der Waals surface area contributed by atoms with Gasteiger partial charge in [0.2, 0.25) is 5.95 Å². The van der Waals surface area contributed by atoms with Gasteiger partial charge in [-0.2, -0.15) is 9.97 Å². The maximum absolute atomic E-state index is 5.61. The number of hydrogen-bond acceptors (Lipinski definition) is 5. The quantitative estimate of drug-likeness (QED) is 0.732. The van der Waals surface area contributed by atoms with E-state index in [1.807, 2.05) is 19.1 Å². The van der Waals surface area contributed by atoms with Crippen LogP contribution in [0.1, 0.15) is 11.1 Å². The Bertz CT molecular complexity index is 530. The van der Waals surface area contributed by atoms with Gasteiger partial charge in [-0.15, -0.1) is 0 Å². The number of nitrogens with two attached hydrogens (primary N) is 2. The molecule has 0 amide bonds. The van der Waals surface area contributed by atoms with E-state index in [0.29, 0.717) is 11.6 Å². The SMILES string of the molecule is Cc1cccc(Nc2cc(N)nc(N)n2)c1C. The van der Waals surface area contributed by atoms with Gasteiger partial charge >= 0.3 is 0 Å². The molecule has 0 aliphatic rings. The molecule has 2 aromatic rings. The topological polar surface area (TPSA) is 89.8 Å². The summed E-state index contributed by atoms with van der Waals surface area (Å²) in [5, 5.41) is 3.18. The third-order valence-corrected chi connectivity index (χ3v) is 2.63. The van der Waals surface area contributed by atoms with Gasteiger partial charge in [-0.3, -0.25) is 0 Å². The molecule has 88 valence electrons. The van der Waals surface area contributed by atoms with Crippen molar-refractivity contribution in [1.29, 1.82) is 0 Å². The molecule has 5 heteroatoms. The van der Waals surface area contributed by atoms with Gasteiger partial charge in [0.25, 0.3) is 0 Å². The molecule has 0 bridgehead atoms. The van der Waals surface area contributed by atoms with E-state index in [4.69, 9.17) is 11.5 Å². The first-order valence-electron chi connectivity index (χ1n) is 5.29. The maximum atomic E-state index is 5.61. The molecule has 5 N–H and O–H groups in total. The molecular formula is C12H15N5. The van der Waals surface area contributed by atoms with Crippen LogP contribution in [0.25, 0.3) is 0 Å². The smallest absolute Gasteiger partial charge is 0.223 e. The standard InChI is InChI=1S/C12H15N5/c1-7-4-3-5-9(8(7)2)15-11-6-10(13)16-12(14)17-11/h3-6H,1-2H3,(H5,13,14,15,16,17). The average Bonchev–Trinajstić information content (AvgIpc) is 2.23. The minimum absolute atomic E-state index is 0.165. The molecule has 2 rings (SSSR count). The van der Waals surface area contributed by atoms with Crippen molar-refractivity contribution in [2.45, 2.75) is 13.8 Å². The molecule has 0 spiro atoms. The summed E-state index contributed by atoms with van der Waals surface area (Å²) < 4.78 is 0. The molecule has 0 aliphatic carbocycles. The Hall–Kier alpha value is -2.30. The first-order chi connectivity index (χ1) is 8.06. The molecule has 1 aromatic heterocycles. The minimum Gasteiger partial charge on any atom is -0.383 e. The zero-order chi connectivity index (χ0) is 12.4. The third-order valence-electron chi connectivity index (χ3n) is 2.63. The molecule has 0 fully saturated rings. The van der Waals surface area contributed by atoms with Gasteiger partial charge in [-0.25, -0.2) is 0 Å². The largest absolute Gasteiger partial charge is 0.383 e. The zero-order valence-electron chi connectivity index (χ0n) is 9.86. The van der Waals surface area contributed by atoms with Crippen molar-refractivity contribution in [3.05, 3.63) is 35.4 Å². The lowest BCUT2D eigenvalue weighted by Gasteiger charge is -2.11. The molecule has 5 nitrogen and oxygen atoms in total. The Balaban J connectivity index is 2.34. The van der Waals surface area contributed by atoms with Gasteiger partial charge < -0.3 is 16.8 Å². The Kier molecular flexibility index (Phi) is 2.82. The molecule has 0 radical (unpaired) electrons. The molecule has 0 saturated carbocycles. The normalized spacial score (nSPS) is 10.2. The Morgan fingerprint density at radius 1 is 1.12 bits per heavy atom. The van der Waals surface area contributed by atoms with Crippen molar-refractivity contribution in [2.75, 3.05) is 16.8 Å². The lowest BCUT2D eigenvalue weighted by atomic mass is 10.1. The van der Waals surface area contributed by atoms with Crippen LogP contribution in [-0.4, -0.2) is 9.97 Å². The molecule has 0 unspecified atom stereocenters. The van der Waals surface area contributed by atoms with Gasteiger partial charge in [-0.05, 0) is 31.0 Å².